The summed E-state index contributed by atoms with van der Waals surface area (Å²) < 4.78 is 42.9. The number of methoxy groups -OCH3 is 1. The van der Waals surface area contributed by atoms with Crippen LogP contribution in [0, 0.1) is 11.6 Å². The molecule has 3 nitrogen and oxygen atoms in total. The number of carbonyl (C=O) groups is 1. The van der Waals surface area contributed by atoms with E-state index in [0.717, 1.165) is 12.1 Å². The Morgan fingerprint density at radius 2 is 1.90 bits per heavy atom. The van der Waals surface area contributed by atoms with Gasteiger partial charge in [-0.05, 0) is 30.3 Å². The molecule has 2 aromatic rings. The van der Waals surface area contributed by atoms with Crippen LogP contribution in [0.25, 0.3) is 0 Å². The molecular formula is C15H12F2O3S. The van der Waals surface area contributed by atoms with Crippen molar-refractivity contribution in [2.75, 3.05) is 12.9 Å². The van der Waals surface area contributed by atoms with E-state index in [4.69, 9.17) is 4.74 Å². The number of ketones is 1. The maximum atomic E-state index is 13.1. The van der Waals surface area contributed by atoms with Crippen LogP contribution >= 0.6 is 0 Å². The van der Waals surface area contributed by atoms with Gasteiger partial charge in [-0.1, -0.05) is 12.1 Å². The molecule has 0 amide bonds. The van der Waals surface area contributed by atoms with E-state index in [-0.39, 0.29) is 16.4 Å². The summed E-state index contributed by atoms with van der Waals surface area (Å²) in [5, 5.41) is 0. The van der Waals surface area contributed by atoms with Crippen LogP contribution in [-0.4, -0.2) is 22.9 Å². The van der Waals surface area contributed by atoms with E-state index in [0.29, 0.717) is 11.3 Å². The van der Waals surface area contributed by atoms with Crippen molar-refractivity contribution in [1.82, 2.24) is 0 Å². The molecule has 0 bridgehead atoms. The number of rotatable bonds is 5. The number of halogens is 2. The van der Waals surface area contributed by atoms with E-state index in [1.807, 2.05) is 0 Å². The second-order valence-corrected chi connectivity index (χ2v) is 5.67. The van der Waals surface area contributed by atoms with Crippen LogP contribution in [0.5, 0.6) is 5.75 Å². The smallest absolute Gasteiger partial charge is 0.175 e. The SMILES string of the molecule is COc1cccc(C(=O)CS(=O)c2ccc(F)c(F)c2)c1. The van der Waals surface area contributed by atoms with Gasteiger partial charge in [0, 0.05) is 10.5 Å². The molecule has 1 atom stereocenters. The van der Waals surface area contributed by atoms with Gasteiger partial charge in [-0.2, -0.15) is 0 Å². The molecular weight excluding hydrogens is 298 g/mol. The largest absolute Gasteiger partial charge is 0.497 e. The molecule has 1 unspecified atom stereocenters. The minimum atomic E-state index is -1.74. The van der Waals surface area contributed by atoms with Crippen LogP contribution in [-0.2, 0) is 10.8 Å². The average molecular weight is 310 g/mol. The summed E-state index contributed by atoms with van der Waals surface area (Å²) in [6.45, 7) is 0. The number of ether oxygens (including phenoxy) is 1. The number of benzene rings is 2. The van der Waals surface area contributed by atoms with Crippen LogP contribution in [0.4, 0.5) is 8.78 Å². The highest BCUT2D eigenvalue weighted by Gasteiger charge is 2.14. The molecule has 110 valence electrons. The highest BCUT2D eigenvalue weighted by Crippen LogP contribution is 2.16. The van der Waals surface area contributed by atoms with Crippen LogP contribution in [0.3, 0.4) is 0 Å². The fourth-order valence-electron chi connectivity index (χ4n) is 1.70. The monoisotopic (exact) mass is 310 g/mol. The summed E-state index contributed by atoms with van der Waals surface area (Å²) in [5.74, 6) is -2.26. The molecule has 0 spiro atoms. The van der Waals surface area contributed by atoms with Crippen molar-refractivity contribution < 1.29 is 22.5 Å². The van der Waals surface area contributed by atoms with Crippen LogP contribution in [0.2, 0.25) is 0 Å². The third-order valence-corrected chi connectivity index (χ3v) is 4.11. The van der Waals surface area contributed by atoms with Crippen molar-refractivity contribution in [2.24, 2.45) is 0 Å². The minimum Gasteiger partial charge on any atom is -0.497 e. The number of hydrogen-bond acceptors (Lipinski definition) is 3. The topological polar surface area (TPSA) is 43.4 Å². The minimum absolute atomic E-state index is 0.0742. The van der Waals surface area contributed by atoms with Gasteiger partial charge >= 0.3 is 0 Å². The lowest BCUT2D eigenvalue weighted by Gasteiger charge is -2.05. The molecule has 0 saturated carbocycles. The Labute approximate surface area is 123 Å². The zero-order valence-electron chi connectivity index (χ0n) is 11.1. The zero-order valence-corrected chi connectivity index (χ0v) is 12.0. The fraction of sp³-hybridized carbons (Fsp3) is 0.133. The van der Waals surface area contributed by atoms with Crippen molar-refractivity contribution >= 4 is 16.6 Å². The molecule has 2 aromatic carbocycles. The normalized spacial score (nSPS) is 12.0. The van der Waals surface area contributed by atoms with Crippen LogP contribution < -0.4 is 4.74 Å². The zero-order chi connectivity index (χ0) is 15.4. The molecule has 6 heteroatoms. The Bertz CT molecular complexity index is 701. The maximum Gasteiger partial charge on any atom is 0.175 e. The predicted octanol–water partition coefficient (Wildman–Crippen LogP) is 2.96. The number of carbonyl (C=O) groups excluding carboxylic acids is 1. The Kier molecular flexibility index (Phi) is 4.80. The van der Waals surface area contributed by atoms with Gasteiger partial charge in [-0.25, -0.2) is 8.78 Å². The fourth-order valence-corrected chi connectivity index (χ4v) is 2.73. The molecule has 0 aliphatic carbocycles. The highest BCUT2D eigenvalue weighted by molar-refractivity contribution is 7.85. The van der Waals surface area contributed by atoms with Crippen molar-refractivity contribution in [3.63, 3.8) is 0 Å². The summed E-state index contributed by atoms with van der Waals surface area (Å²) in [6, 6.07) is 9.37. The van der Waals surface area contributed by atoms with Crippen LogP contribution in [0.15, 0.2) is 47.4 Å². The maximum absolute atomic E-state index is 13.1. The first kappa shape index (κ1) is 15.3. The molecule has 0 aliphatic rings. The molecule has 0 saturated heterocycles. The van der Waals surface area contributed by atoms with Crippen molar-refractivity contribution in [1.29, 1.82) is 0 Å². The Morgan fingerprint density at radius 1 is 1.14 bits per heavy atom. The lowest BCUT2D eigenvalue weighted by Crippen LogP contribution is -2.11. The second kappa shape index (κ2) is 6.58. The number of hydrogen-bond donors (Lipinski definition) is 0. The Hall–Kier alpha value is -2.08. The lowest BCUT2D eigenvalue weighted by molar-refractivity contribution is 0.102. The van der Waals surface area contributed by atoms with E-state index in [9.17, 15) is 17.8 Å². The molecule has 0 radical (unpaired) electrons. The molecule has 21 heavy (non-hydrogen) atoms. The first-order chi connectivity index (χ1) is 10.0. The lowest BCUT2D eigenvalue weighted by atomic mass is 10.1. The Balaban J connectivity index is 2.14. The first-order valence-corrected chi connectivity index (χ1v) is 7.34. The third kappa shape index (κ3) is 3.72. The standard InChI is InChI=1S/C15H12F2O3S/c1-20-11-4-2-3-10(7-11)15(18)9-21(19)12-5-6-13(16)14(17)8-12/h2-8H,9H2,1H3. The summed E-state index contributed by atoms with van der Waals surface area (Å²) in [5.41, 5.74) is 0.352. The first-order valence-electron chi connectivity index (χ1n) is 6.02. The van der Waals surface area contributed by atoms with Gasteiger partial charge in [0.25, 0.3) is 0 Å². The van der Waals surface area contributed by atoms with Crippen LogP contribution in [0.1, 0.15) is 10.4 Å². The van der Waals surface area contributed by atoms with E-state index in [1.54, 1.807) is 18.2 Å². The molecule has 0 aliphatic heterocycles. The van der Waals surface area contributed by atoms with E-state index in [2.05, 4.69) is 0 Å². The van der Waals surface area contributed by atoms with Gasteiger partial charge in [0.2, 0.25) is 0 Å². The summed E-state index contributed by atoms with van der Waals surface area (Å²) >= 11 is 0. The molecule has 0 N–H and O–H groups in total. The Morgan fingerprint density at radius 3 is 2.57 bits per heavy atom. The van der Waals surface area contributed by atoms with Gasteiger partial charge < -0.3 is 4.74 Å². The van der Waals surface area contributed by atoms with Crippen molar-refractivity contribution in [3.05, 3.63) is 59.7 Å². The number of Topliss-reactive ketones (excluding diaryl/α,β-unsaturated/α-hetero) is 1. The average Bonchev–Trinajstić information content (AvgIpc) is 2.49. The van der Waals surface area contributed by atoms with Gasteiger partial charge in [0.05, 0.1) is 23.7 Å². The van der Waals surface area contributed by atoms with Crippen molar-refractivity contribution in [3.8, 4) is 5.75 Å². The van der Waals surface area contributed by atoms with Gasteiger partial charge in [0.15, 0.2) is 17.4 Å². The van der Waals surface area contributed by atoms with E-state index in [1.165, 1.54) is 19.2 Å². The summed E-state index contributed by atoms with van der Waals surface area (Å²) in [7, 11) is -0.263. The molecule has 0 aromatic heterocycles. The third-order valence-electron chi connectivity index (χ3n) is 2.81. The van der Waals surface area contributed by atoms with Crippen molar-refractivity contribution in [2.45, 2.75) is 4.90 Å². The van der Waals surface area contributed by atoms with E-state index < -0.39 is 22.4 Å². The summed E-state index contributed by atoms with van der Waals surface area (Å²) in [6.07, 6.45) is 0. The van der Waals surface area contributed by atoms with Gasteiger partial charge in [-0.15, -0.1) is 0 Å². The van der Waals surface area contributed by atoms with E-state index >= 15 is 0 Å². The highest BCUT2D eigenvalue weighted by atomic mass is 32.2. The molecule has 2 rings (SSSR count). The molecule has 0 heterocycles. The van der Waals surface area contributed by atoms with Gasteiger partial charge in [0.1, 0.15) is 5.75 Å². The molecule has 0 fully saturated rings. The predicted molar refractivity (Wildman–Crippen MR) is 75.0 cm³/mol. The second-order valence-electron chi connectivity index (χ2n) is 4.22. The quantitative estimate of drug-likeness (QED) is 0.798. The summed E-state index contributed by atoms with van der Waals surface area (Å²) in [4.78, 5) is 12.1. The van der Waals surface area contributed by atoms with Gasteiger partial charge in [-0.3, -0.25) is 9.00 Å².